The predicted octanol–water partition coefficient (Wildman–Crippen LogP) is -0.273. The summed E-state index contributed by atoms with van der Waals surface area (Å²) < 4.78 is 0. The number of carbonyl (C=O) groups is 4. The highest BCUT2D eigenvalue weighted by Gasteiger charge is 2.24. The fourth-order valence-electron chi connectivity index (χ4n) is 2.27. The Morgan fingerprint density at radius 2 is 1.71 bits per heavy atom. The Balaban J connectivity index is 2.27. The zero-order valence-electron chi connectivity index (χ0n) is 11.6. The number of amides is 2. The van der Waals surface area contributed by atoms with Crippen molar-refractivity contribution in [3.63, 3.8) is 0 Å². The quantitative estimate of drug-likeness (QED) is 0.487. The lowest BCUT2D eigenvalue weighted by molar-refractivity contribution is -0.147. The highest BCUT2D eigenvalue weighted by Crippen LogP contribution is 2.24. The molecule has 1 rings (SSSR count). The molecule has 1 aliphatic rings. The van der Waals surface area contributed by atoms with Gasteiger partial charge >= 0.3 is 11.9 Å². The fraction of sp³-hybridized carbons (Fsp3) is 0.692. The van der Waals surface area contributed by atoms with Gasteiger partial charge in [0.05, 0.1) is 6.42 Å². The Hall–Kier alpha value is -2.12. The Morgan fingerprint density at radius 1 is 1.10 bits per heavy atom. The Morgan fingerprint density at radius 3 is 2.24 bits per heavy atom. The van der Waals surface area contributed by atoms with Crippen molar-refractivity contribution < 1.29 is 29.4 Å². The lowest BCUT2D eigenvalue weighted by Crippen LogP contribution is -2.43. The van der Waals surface area contributed by atoms with Crippen LogP contribution < -0.4 is 10.6 Å². The first kappa shape index (κ1) is 16.9. The van der Waals surface area contributed by atoms with Gasteiger partial charge in [0.1, 0.15) is 6.04 Å². The minimum atomic E-state index is -1.46. The van der Waals surface area contributed by atoms with Crippen LogP contribution in [0.5, 0.6) is 0 Å². The topological polar surface area (TPSA) is 133 Å². The summed E-state index contributed by atoms with van der Waals surface area (Å²) in [4.78, 5) is 44.5. The Bertz CT molecular complexity index is 417. The summed E-state index contributed by atoms with van der Waals surface area (Å²) in [6.45, 7) is 0.112. The molecule has 0 bridgehead atoms. The third kappa shape index (κ3) is 6.24. The van der Waals surface area contributed by atoms with E-state index in [-0.39, 0.29) is 24.8 Å². The van der Waals surface area contributed by atoms with Crippen molar-refractivity contribution in [1.29, 1.82) is 0 Å². The number of rotatable bonds is 8. The van der Waals surface area contributed by atoms with E-state index in [1.165, 1.54) is 0 Å². The van der Waals surface area contributed by atoms with E-state index >= 15 is 0 Å². The molecule has 0 saturated heterocycles. The Kier molecular flexibility index (Phi) is 6.64. The van der Waals surface area contributed by atoms with E-state index in [9.17, 15) is 19.2 Å². The lowest BCUT2D eigenvalue weighted by atomic mass is 10.1. The second-order valence-corrected chi connectivity index (χ2v) is 5.08. The molecule has 0 heterocycles. The number of carbonyl (C=O) groups excluding carboxylic acids is 2. The average Bonchev–Trinajstić information content (AvgIpc) is 2.91. The van der Waals surface area contributed by atoms with Crippen molar-refractivity contribution in [2.45, 2.75) is 44.6 Å². The van der Waals surface area contributed by atoms with Crippen molar-refractivity contribution >= 4 is 23.8 Å². The summed E-state index contributed by atoms with van der Waals surface area (Å²) in [5.74, 6) is -3.39. The normalized spacial score (nSPS) is 16.2. The summed E-state index contributed by atoms with van der Waals surface area (Å²) in [5.41, 5.74) is 0. The van der Waals surface area contributed by atoms with Crippen LogP contribution in [0, 0.1) is 5.92 Å². The lowest BCUT2D eigenvalue weighted by Gasteiger charge is -2.13. The van der Waals surface area contributed by atoms with E-state index in [0.717, 1.165) is 25.7 Å². The van der Waals surface area contributed by atoms with Crippen molar-refractivity contribution in [3.05, 3.63) is 0 Å². The zero-order valence-corrected chi connectivity index (χ0v) is 11.6. The average molecular weight is 300 g/mol. The van der Waals surface area contributed by atoms with E-state index in [1.807, 2.05) is 0 Å². The molecule has 0 aliphatic heterocycles. The van der Waals surface area contributed by atoms with E-state index < -0.39 is 30.3 Å². The molecule has 0 aromatic heterocycles. The molecule has 2 amide bonds. The van der Waals surface area contributed by atoms with Gasteiger partial charge in [0.2, 0.25) is 11.8 Å². The summed E-state index contributed by atoms with van der Waals surface area (Å²) in [5, 5.41) is 22.1. The molecule has 21 heavy (non-hydrogen) atoms. The highest BCUT2D eigenvalue weighted by molar-refractivity contribution is 5.87. The van der Waals surface area contributed by atoms with Crippen molar-refractivity contribution in [2.24, 2.45) is 5.92 Å². The molecule has 0 unspecified atom stereocenters. The number of nitrogens with one attached hydrogen (secondary N) is 2. The molecule has 0 aromatic rings. The molecule has 1 aliphatic carbocycles. The van der Waals surface area contributed by atoms with Crippen LogP contribution in [0.15, 0.2) is 0 Å². The maximum atomic E-state index is 11.7. The van der Waals surface area contributed by atoms with Crippen molar-refractivity contribution in [3.8, 4) is 0 Å². The number of carboxylic acid groups (broad SMARTS) is 2. The van der Waals surface area contributed by atoms with Gasteiger partial charge in [0.25, 0.3) is 0 Å². The van der Waals surface area contributed by atoms with Gasteiger partial charge < -0.3 is 20.8 Å². The molecule has 118 valence electrons. The van der Waals surface area contributed by atoms with Gasteiger partial charge in [0, 0.05) is 18.9 Å². The number of carboxylic acids is 2. The van der Waals surface area contributed by atoms with Gasteiger partial charge in [-0.25, -0.2) is 4.79 Å². The smallest absolute Gasteiger partial charge is 0.326 e. The summed E-state index contributed by atoms with van der Waals surface area (Å²) >= 11 is 0. The predicted molar refractivity (Wildman–Crippen MR) is 71.4 cm³/mol. The summed E-state index contributed by atoms with van der Waals surface area (Å²) in [6.07, 6.45) is 3.02. The number of hydrogen-bond donors (Lipinski definition) is 4. The van der Waals surface area contributed by atoms with E-state index in [2.05, 4.69) is 10.6 Å². The van der Waals surface area contributed by atoms with E-state index in [1.54, 1.807) is 0 Å². The molecular weight excluding hydrogens is 280 g/mol. The highest BCUT2D eigenvalue weighted by atomic mass is 16.4. The summed E-state index contributed by atoms with van der Waals surface area (Å²) in [6, 6.07) is -1.46. The van der Waals surface area contributed by atoms with Gasteiger partial charge in [-0.1, -0.05) is 12.8 Å². The van der Waals surface area contributed by atoms with Crippen LogP contribution in [0.1, 0.15) is 38.5 Å². The van der Waals surface area contributed by atoms with Crippen LogP contribution in [-0.2, 0) is 19.2 Å². The van der Waals surface area contributed by atoms with Gasteiger partial charge in [-0.05, 0) is 12.8 Å². The van der Waals surface area contributed by atoms with Gasteiger partial charge in [-0.3, -0.25) is 14.4 Å². The maximum absolute atomic E-state index is 11.7. The van der Waals surface area contributed by atoms with Crippen LogP contribution in [0.25, 0.3) is 0 Å². The van der Waals surface area contributed by atoms with Gasteiger partial charge in [-0.2, -0.15) is 0 Å². The molecule has 8 nitrogen and oxygen atoms in total. The first-order chi connectivity index (χ1) is 9.90. The van der Waals surface area contributed by atoms with Gasteiger partial charge in [-0.15, -0.1) is 0 Å². The second-order valence-electron chi connectivity index (χ2n) is 5.08. The first-order valence-corrected chi connectivity index (χ1v) is 6.92. The molecule has 0 aromatic carbocycles. The number of aliphatic carboxylic acids is 2. The van der Waals surface area contributed by atoms with Crippen molar-refractivity contribution in [1.82, 2.24) is 10.6 Å². The largest absolute Gasteiger partial charge is 0.481 e. The maximum Gasteiger partial charge on any atom is 0.326 e. The molecule has 1 saturated carbocycles. The zero-order chi connectivity index (χ0) is 15.8. The molecule has 4 N–H and O–H groups in total. The van der Waals surface area contributed by atoms with Crippen LogP contribution in [0.3, 0.4) is 0 Å². The van der Waals surface area contributed by atoms with E-state index in [0.29, 0.717) is 0 Å². The molecule has 0 radical (unpaired) electrons. The van der Waals surface area contributed by atoms with Crippen molar-refractivity contribution in [2.75, 3.05) is 6.54 Å². The van der Waals surface area contributed by atoms with Crippen LogP contribution in [0.4, 0.5) is 0 Å². The fourth-order valence-corrected chi connectivity index (χ4v) is 2.27. The molecule has 8 heteroatoms. The SMILES string of the molecule is O=C(O)C[C@H](NC(=O)CCNC(=O)C1CCCC1)C(=O)O. The second kappa shape index (κ2) is 8.23. The molecule has 1 fully saturated rings. The third-order valence-corrected chi connectivity index (χ3v) is 3.39. The van der Waals surface area contributed by atoms with Crippen LogP contribution >= 0.6 is 0 Å². The third-order valence-electron chi connectivity index (χ3n) is 3.39. The molecular formula is C13H20N2O6. The Labute approximate surface area is 121 Å². The van der Waals surface area contributed by atoms with Crippen LogP contribution in [-0.4, -0.2) is 46.6 Å². The standard InChI is InChI=1S/C13H20N2O6/c16-10(15-9(13(20)21)7-11(17)18)5-6-14-12(19)8-3-1-2-4-8/h8-9H,1-7H2,(H,14,19)(H,15,16)(H,17,18)(H,20,21)/t9-/m0/s1. The molecule has 0 spiro atoms. The molecule has 1 atom stereocenters. The summed E-state index contributed by atoms with van der Waals surface area (Å²) in [7, 11) is 0. The first-order valence-electron chi connectivity index (χ1n) is 6.92. The monoisotopic (exact) mass is 300 g/mol. The minimum Gasteiger partial charge on any atom is -0.481 e. The minimum absolute atomic E-state index is 0.00633. The number of hydrogen-bond acceptors (Lipinski definition) is 4. The van der Waals surface area contributed by atoms with Crippen LogP contribution in [0.2, 0.25) is 0 Å². The van der Waals surface area contributed by atoms with E-state index in [4.69, 9.17) is 10.2 Å². The van der Waals surface area contributed by atoms with Gasteiger partial charge in [0.15, 0.2) is 0 Å².